The molecule has 0 spiro atoms. The molecule has 0 aliphatic heterocycles. The van der Waals surface area contributed by atoms with Gasteiger partial charge in [-0.05, 0) is 13.8 Å². The van der Waals surface area contributed by atoms with Gasteiger partial charge in [-0.25, -0.2) is 9.50 Å². The summed E-state index contributed by atoms with van der Waals surface area (Å²) in [5, 5.41) is 3.05. The van der Waals surface area contributed by atoms with Crippen molar-refractivity contribution in [2.24, 2.45) is 0 Å². The summed E-state index contributed by atoms with van der Waals surface area (Å²) >= 11 is 0. The maximum Gasteiger partial charge on any atom is 0.250 e. The van der Waals surface area contributed by atoms with Crippen LogP contribution in [0.15, 0.2) is 6.20 Å². The zero-order chi connectivity index (χ0) is 7.14. The minimum Gasteiger partial charge on any atom is -0.278 e. The molecule has 0 saturated heterocycles. The lowest BCUT2D eigenvalue weighted by molar-refractivity contribution is 0.904. The van der Waals surface area contributed by atoms with E-state index >= 15 is 0 Å². The molecule has 0 amide bonds. The number of rotatable bonds is 0. The Hall–Kier alpha value is -1.32. The standard InChI is InChI=1S/C6H8N4/c1-4-3-7-6-8-5(2)9-10(4)6/h3H,1-2H3,(H,7,8,9). The third-order valence-corrected chi connectivity index (χ3v) is 1.46. The fourth-order valence-corrected chi connectivity index (χ4v) is 0.978. The average molecular weight is 136 g/mol. The molecule has 0 unspecified atom stereocenters. The summed E-state index contributed by atoms with van der Waals surface area (Å²) in [6, 6.07) is 0. The van der Waals surface area contributed by atoms with Crippen molar-refractivity contribution in [3.8, 4) is 0 Å². The summed E-state index contributed by atoms with van der Waals surface area (Å²) in [5.74, 6) is 1.64. The molecule has 2 aromatic rings. The van der Waals surface area contributed by atoms with Crippen LogP contribution in [0.2, 0.25) is 0 Å². The maximum absolute atomic E-state index is 4.13. The fraction of sp³-hybridized carbons (Fsp3) is 0.333. The summed E-state index contributed by atoms with van der Waals surface area (Å²) in [6.07, 6.45) is 1.79. The largest absolute Gasteiger partial charge is 0.278 e. The van der Waals surface area contributed by atoms with Crippen molar-refractivity contribution in [3.05, 3.63) is 17.7 Å². The van der Waals surface area contributed by atoms with Crippen molar-refractivity contribution in [3.63, 3.8) is 0 Å². The van der Waals surface area contributed by atoms with Crippen LogP contribution < -0.4 is 0 Å². The molecule has 0 bridgehead atoms. The summed E-state index contributed by atoms with van der Waals surface area (Å²) in [4.78, 5) is 8.19. The third-order valence-electron chi connectivity index (χ3n) is 1.46. The molecule has 0 saturated carbocycles. The number of aryl methyl sites for hydroxylation is 2. The molecule has 4 heteroatoms. The summed E-state index contributed by atoms with van der Waals surface area (Å²) in [6.45, 7) is 3.89. The van der Waals surface area contributed by atoms with Crippen LogP contribution in [0.4, 0.5) is 0 Å². The van der Waals surface area contributed by atoms with Crippen molar-refractivity contribution in [2.75, 3.05) is 0 Å². The van der Waals surface area contributed by atoms with Gasteiger partial charge in [-0.15, -0.1) is 0 Å². The van der Waals surface area contributed by atoms with E-state index in [1.54, 1.807) is 6.20 Å². The van der Waals surface area contributed by atoms with E-state index in [-0.39, 0.29) is 0 Å². The summed E-state index contributed by atoms with van der Waals surface area (Å²) in [5.41, 5.74) is 1.08. The highest BCUT2D eigenvalue weighted by Gasteiger charge is 2.00. The Balaban J connectivity index is 2.90. The first kappa shape index (κ1) is 5.46. The van der Waals surface area contributed by atoms with E-state index in [0.29, 0.717) is 0 Å². The maximum atomic E-state index is 4.13. The molecule has 2 rings (SSSR count). The lowest BCUT2D eigenvalue weighted by Gasteiger charge is -1.83. The molecule has 10 heavy (non-hydrogen) atoms. The SMILES string of the molecule is Cc1nc2ncc(C)n2[nH]1. The molecule has 2 heterocycles. The molecule has 4 nitrogen and oxygen atoms in total. The van der Waals surface area contributed by atoms with Gasteiger partial charge in [0, 0.05) is 0 Å². The topological polar surface area (TPSA) is 46.0 Å². The molecular formula is C6H8N4. The second-order valence-corrected chi connectivity index (χ2v) is 2.34. The number of fused-ring (bicyclic) bond motifs is 1. The van der Waals surface area contributed by atoms with Crippen molar-refractivity contribution >= 4 is 5.78 Å². The Labute approximate surface area is 57.9 Å². The molecule has 1 N–H and O–H groups in total. The molecular weight excluding hydrogens is 128 g/mol. The van der Waals surface area contributed by atoms with Gasteiger partial charge in [-0.1, -0.05) is 0 Å². The molecule has 52 valence electrons. The molecule has 0 atom stereocenters. The van der Waals surface area contributed by atoms with Gasteiger partial charge >= 0.3 is 0 Å². The fourth-order valence-electron chi connectivity index (χ4n) is 0.978. The van der Waals surface area contributed by atoms with Crippen LogP contribution in [0.3, 0.4) is 0 Å². The second-order valence-electron chi connectivity index (χ2n) is 2.34. The molecule has 0 aliphatic carbocycles. The Bertz CT molecular complexity index is 357. The summed E-state index contributed by atoms with van der Waals surface area (Å²) in [7, 11) is 0. The Morgan fingerprint density at radius 2 is 2.30 bits per heavy atom. The van der Waals surface area contributed by atoms with Gasteiger partial charge in [0.15, 0.2) is 0 Å². The second kappa shape index (κ2) is 1.59. The van der Waals surface area contributed by atoms with Gasteiger partial charge in [0.1, 0.15) is 5.82 Å². The van der Waals surface area contributed by atoms with Crippen LogP contribution in [-0.2, 0) is 0 Å². The Kier molecular flexibility index (Phi) is 0.869. The van der Waals surface area contributed by atoms with E-state index in [4.69, 9.17) is 0 Å². The number of aromatic amines is 1. The van der Waals surface area contributed by atoms with E-state index in [0.717, 1.165) is 17.3 Å². The zero-order valence-corrected chi connectivity index (χ0v) is 5.92. The predicted octanol–water partition coefficient (Wildman–Crippen LogP) is 0.674. The van der Waals surface area contributed by atoms with Crippen LogP contribution in [-0.4, -0.2) is 19.6 Å². The minimum atomic E-state index is 0.745. The first-order valence-corrected chi connectivity index (χ1v) is 3.14. The van der Waals surface area contributed by atoms with Crippen molar-refractivity contribution in [1.82, 2.24) is 19.6 Å². The van der Waals surface area contributed by atoms with Crippen LogP contribution in [0.1, 0.15) is 11.5 Å². The first-order chi connectivity index (χ1) is 4.77. The van der Waals surface area contributed by atoms with Crippen LogP contribution >= 0.6 is 0 Å². The average Bonchev–Trinajstić information content (AvgIpc) is 2.35. The van der Waals surface area contributed by atoms with E-state index in [1.165, 1.54) is 0 Å². The molecule has 0 aliphatic rings. The van der Waals surface area contributed by atoms with Crippen LogP contribution in [0.25, 0.3) is 5.78 Å². The quantitative estimate of drug-likeness (QED) is 0.578. The van der Waals surface area contributed by atoms with Crippen LogP contribution in [0.5, 0.6) is 0 Å². The lowest BCUT2D eigenvalue weighted by Crippen LogP contribution is -1.85. The van der Waals surface area contributed by atoms with Gasteiger partial charge in [0.2, 0.25) is 0 Å². The molecule has 2 aromatic heterocycles. The predicted molar refractivity (Wildman–Crippen MR) is 36.8 cm³/mol. The number of imidazole rings is 1. The number of hydrogen-bond donors (Lipinski definition) is 1. The first-order valence-electron chi connectivity index (χ1n) is 3.14. The van der Waals surface area contributed by atoms with Crippen LogP contribution in [0, 0.1) is 13.8 Å². The molecule has 0 radical (unpaired) electrons. The third kappa shape index (κ3) is 0.556. The minimum absolute atomic E-state index is 0.745. The zero-order valence-electron chi connectivity index (χ0n) is 5.92. The molecule has 0 fully saturated rings. The monoisotopic (exact) mass is 136 g/mol. The Morgan fingerprint density at radius 3 is 3.00 bits per heavy atom. The lowest BCUT2D eigenvalue weighted by atomic mass is 10.6. The van der Waals surface area contributed by atoms with Crippen molar-refractivity contribution < 1.29 is 0 Å². The normalized spacial score (nSPS) is 11.0. The molecule has 0 aromatic carbocycles. The number of nitrogens with one attached hydrogen (secondary N) is 1. The van der Waals surface area contributed by atoms with Gasteiger partial charge in [-0.3, -0.25) is 5.10 Å². The Morgan fingerprint density at radius 1 is 1.50 bits per heavy atom. The summed E-state index contributed by atoms with van der Waals surface area (Å²) < 4.78 is 1.86. The van der Waals surface area contributed by atoms with Gasteiger partial charge in [0.05, 0.1) is 11.9 Å². The number of H-pyrrole nitrogens is 1. The highest BCUT2D eigenvalue weighted by Crippen LogP contribution is 2.00. The number of hydrogen-bond acceptors (Lipinski definition) is 2. The van der Waals surface area contributed by atoms with Crippen molar-refractivity contribution in [2.45, 2.75) is 13.8 Å². The van der Waals surface area contributed by atoms with E-state index in [9.17, 15) is 0 Å². The van der Waals surface area contributed by atoms with Crippen molar-refractivity contribution in [1.29, 1.82) is 0 Å². The van der Waals surface area contributed by atoms with E-state index in [2.05, 4.69) is 15.1 Å². The van der Waals surface area contributed by atoms with E-state index in [1.807, 2.05) is 18.4 Å². The highest BCUT2D eigenvalue weighted by molar-refractivity contribution is 5.28. The van der Waals surface area contributed by atoms with E-state index < -0.39 is 0 Å². The van der Waals surface area contributed by atoms with Gasteiger partial charge < -0.3 is 0 Å². The highest BCUT2D eigenvalue weighted by atomic mass is 15.3. The number of aromatic nitrogens is 4. The smallest absolute Gasteiger partial charge is 0.250 e. The number of nitrogens with zero attached hydrogens (tertiary/aromatic N) is 3. The van der Waals surface area contributed by atoms with Gasteiger partial charge in [0.25, 0.3) is 5.78 Å². The van der Waals surface area contributed by atoms with Gasteiger partial charge in [-0.2, -0.15) is 4.98 Å².